The number of halogens is 2. The van der Waals surface area contributed by atoms with Gasteiger partial charge in [-0.25, -0.2) is 0 Å². The molecule has 0 atom stereocenters. The van der Waals surface area contributed by atoms with Crippen molar-refractivity contribution in [3.8, 4) is 5.75 Å². The van der Waals surface area contributed by atoms with Crippen molar-refractivity contribution in [2.75, 3.05) is 5.32 Å². The van der Waals surface area contributed by atoms with Crippen molar-refractivity contribution in [3.05, 3.63) is 57.0 Å². The van der Waals surface area contributed by atoms with Gasteiger partial charge in [-0.1, -0.05) is 27.5 Å². The van der Waals surface area contributed by atoms with Gasteiger partial charge in [0, 0.05) is 15.7 Å². The van der Waals surface area contributed by atoms with Gasteiger partial charge in [-0.3, -0.25) is 4.79 Å². The van der Waals surface area contributed by atoms with E-state index in [9.17, 15) is 9.90 Å². The van der Waals surface area contributed by atoms with Gasteiger partial charge < -0.3 is 10.4 Å². The Morgan fingerprint density at radius 3 is 2.63 bits per heavy atom. The molecule has 0 bridgehead atoms. The molecule has 3 nitrogen and oxygen atoms in total. The van der Waals surface area contributed by atoms with Crippen molar-refractivity contribution in [1.29, 1.82) is 0 Å². The van der Waals surface area contributed by atoms with Crippen LogP contribution in [0.15, 0.2) is 40.9 Å². The number of phenolic OH excluding ortho intramolecular Hbond substituents is 1. The molecule has 0 saturated heterocycles. The van der Waals surface area contributed by atoms with E-state index < -0.39 is 0 Å². The van der Waals surface area contributed by atoms with Crippen LogP contribution in [-0.2, 0) is 0 Å². The van der Waals surface area contributed by atoms with Crippen LogP contribution >= 0.6 is 27.5 Å². The third-order valence-electron chi connectivity index (χ3n) is 2.51. The summed E-state index contributed by atoms with van der Waals surface area (Å²) in [4.78, 5) is 12.0. The zero-order valence-electron chi connectivity index (χ0n) is 10.1. The molecule has 98 valence electrons. The van der Waals surface area contributed by atoms with Gasteiger partial charge >= 0.3 is 0 Å². The quantitative estimate of drug-likeness (QED) is 0.853. The van der Waals surface area contributed by atoms with E-state index in [1.54, 1.807) is 0 Å². The average molecular weight is 341 g/mol. The molecule has 2 rings (SSSR count). The van der Waals surface area contributed by atoms with E-state index in [1.807, 2.05) is 25.1 Å². The molecule has 0 saturated carbocycles. The van der Waals surface area contributed by atoms with Crippen LogP contribution in [0.3, 0.4) is 0 Å². The minimum absolute atomic E-state index is 0.0449. The SMILES string of the molecule is Cc1cc(Br)cc(NC(=O)c2ccc(O)c(Cl)c2)c1. The molecule has 0 radical (unpaired) electrons. The van der Waals surface area contributed by atoms with E-state index in [2.05, 4.69) is 21.2 Å². The number of phenols is 1. The van der Waals surface area contributed by atoms with Crippen LogP contribution in [0, 0.1) is 6.92 Å². The topological polar surface area (TPSA) is 49.3 Å². The number of hydrogen-bond acceptors (Lipinski definition) is 2. The second-order valence-corrected chi connectivity index (χ2v) is 5.46. The molecule has 0 heterocycles. The molecule has 2 N–H and O–H groups in total. The predicted molar refractivity (Wildman–Crippen MR) is 79.9 cm³/mol. The van der Waals surface area contributed by atoms with Crippen LogP contribution in [0.25, 0.3) is 0 Å². The molecular formula is C14H11BrClNO2. The molecule has 1 amide bonds. The summed E-state index contributed by atoms with van der Waals surface area (Å²) in [5.41, 5.74) is 2.12. The van der Waals surface area contributed by atoms with Crippen LogP contribution in [0.1, 0.15) is 15.9 Å². The number of aromatic hydroxyl groups is 1. The van der Waals surface area contributed by atoms with E-state index in [4.69, 9.17) is 11.6 Å². The molecule has 2 aromatic rings. The van der Waals surface area contributed by atoms with Crippen molar-refractivity contribution in [1.82, 2.24) is 0 Å². The minimum atomic E-state index is -0.278. The van der Waals surface area contributed by atoms with Gasteiger partial charge in [0.25, 0.3) is 5.91 Å². The first-order chi connectivity index (χ1) is 8.95. The zero-order chi connectivity index (χ0) is 14.0. The molecule has 0 fully saturated rings. The first-order valence-electron chi connectivity index (χ1n) is 5.53. The largest absolute Gasteiger partial charge is 0.506 e. The Bertz CT molecular complexity index is 623. The number of aryl methyl sites for hydroxylation is 1. The molecule has 19 heavy (non-hydrogen) atoms. The van der Waals surface area contributed by atoms with Gasteiger partial charge in [0.15, 0.2) is 0 Å². The first kappa shape index (κ1) is 13.9. The first-order valence-corrected chi connectivity index (χ1v) is 6.70. The Morgan fingerprint density at radius 2 is 2.00 bits per heavy atom. The summed E-state index contributed by atoms with van der Waals surface area (Å²) < 4.78 is 0.895. The summed E-state index contributed by atoms with van der Waals surface area (Å²) >= 11 is 9.15. The minimum Gasteiger partial charge on any atom is -0.506 e. The molecule has 0 aliphatic carbocycles. The molecule has 0 unspecified atom stereocenters. The third kappa shape index (κ3) is 3.49. The Morgan fingerprint density at radius 1 is 1.26 bits per heavy atom. The smallest absolute Gasteiger partial charge is 0.255 e. The van der Waals surface area contributed by atoms with E-state index in [-0.39, 0.29) is 16.7 Å². The van der Waals surface area contributed by atoms with Gasteiger partial charge in [-0.2, -0.15) is 0 Å². The summed E-state index contributed by atoms with van der Waals surface area (Å²) in [5.74, 6) is -0.323. The van der Waals surface area contributed by atoms with Crippen molar-refractivity contribution in [3.63, 3.8) is 0 Å². The number of benzene rings is 2. The second kappa shape index (κ2) is 5.63. The molecule has 5 heteroatoms. The van der Waals surface area contributed by atoms with Crippen LogP contribution in [0.2, 0.25) is 5.02 Å². The highest BCUT2D eigenvalue weighted by atomic mass is 79.9. The van der Waals surface area contributed by atoms with Crippen molar-refractivity contribution in [2.45, 2.75) is 6.92 Å². The van der Waals surface area contributed by atoms with Gasteiger partial charge in [0.2, 0.25) is 0 Å². The lowest BCUT2D eigenvalue weighted by Gasteiger charge is -2.07. The predicted octanol–water partition coefficient (Wildman–Crippen LogP) is 4.37. The molecule has 0 aliphatic heterocycles. The summed E-state index contributed by atoms with van der Waals surface area (Å²) in [6.45, 7) is 1.94. The maximum Gasteiger partial charge on any atom is 0.255 e. The zero-order valence-corrected chi connectivity index (χ0v) is 12.4. The van der Waals surface area contributed by atoms with Gasteiger partial charge in [-0.15, -0.1) is 0 Å². The Kier molecular flexibility index (Phi) is 4.12. The molecule has 0 spiro atoms. The number of rotatable bonds is 2. The van der Waals surface area contributed by atoms with Crippen molar-refractivity contribution >= 4 is 39.1 Å². The summed E-state index contributed by atoms with van der Waals surface area (Å²) in [6.07, 6.45) is 0. The lowest BCUT2D eigenvalue weighted by Crippen LogP contribution is -2.11. The summed E-state index contributed by atoms with van der Waals surface area (Å²) in [7, 11) is 0. The van der Waals surface area contributed by atoms with Crippen LogP contribution < -0.4 is 5.32 Å². The normalized spacial score (nSPS) is 10.3. The van der Waals surface area contributed by atoms with E-state index in [1.165, 1.54) is 18.2 Å². The summed E-state index contributed by atoms with van der Waals surface area (Å²) in [6, 6.07) is 9.96. The Balaban J connectivity index is 2.22. The van der Waals surface area contributed by atoms with E-state index in [0.29, 0.717) is 11.3 Å². The van der Waals surface area contributed by atoms with Gasteiger partial charge in [0.05, 0.1) is 5.02 Å². The lowest BCUT2D eigenvalue weighted by molar-refractivity contribution is 0.102. The monoisotopic (exact) mass is 339 g/mol. The van der Waals surface area contributed by atoms with Crippen LogP contribution in [0.4, 0.5) is 5.69 Å². The van der Waals surface area contributed by atoms with Crippen molar-refractivity contribution in [2.24, 2.45) is 0 Å². The molecular weight excluding hydrogens is 330 g/mol. The summed E-state index contributed by atoms with van der Waals surface area (Å²) in [5, 5.41) is 12.2. The molecule has 0 aromatic heterocycles. The average Bonchev–Trinajstić information content (AvgIpc) is 2.31. The highest BCUT2D eigenvalue weighted by Gasteiger charge is 2.09. The fourth-order valence-corrected chi connectivity index (χ4v) is 2.45. The molecule has 0 aliphatic rings. The van der Waals surface area contributed by atoms with E-state index in [0.717, 1.165) is 10.0 Å². The lowest BCUT2D eigenvalue weighted by atomic mass is 10.2. The van der Waals surface area contributed by atoms with Gasteiger partial charge in [-0.05, 0) is 48.9 Å². The van der Waals surface area contributed by atoms with Gasteiger partial charge in [0.1, 0.15) is 5.75 Å². The second-order valence-electron chi connectivity index (χ2n) is 4.14. The highest BCUT2D eigenvalue weighted by molar-refractivity contribution is 9.10. The Labute approximate surface area is 124 Å². The third-order valence-corrected chi connectivity index (χ3v) is 3.27. The standard InChI is InChI=1S/C14H11BrClNO2/c1-8-4-10(15)7-11(5-8)17-14(19)9-2-3-13(18)12(16)6-9/h2-7,18H,1H3,(H,17,19). The Hall–Kier alpha value is -1.52. The number of anilines is 1. The van der Waals surface area contributed by atoms with Crippen LogP contribution in [0.5, 0.6) is 5.75 Å². The van der Waals surface area contributed by atoms with Crippen molar-refractivity contribution < 1.29 is 9.90 Å². The number of hydrogen-bond donors (Lipinski definition) is 2. The maximum atomic E-state index is 12.0. The molecule has 2 aromatic carbocycles. The number of carbonyl (C=O) groups is 1. The maximum absolute atomic E-state index is 12.0. The highest BCUT2D eigenvalue weighted by Crippen LogP contribution is 2.25. The number of amides is 1. The fourth-order valence-electron chi connectivity index (χ4n) is 1.66. The van der Waals surface area contributed by atoms with E-state index >= 15 is 0 Å². The fraction of sp³-hybridized carbons (Fsp3) is 0.0714. The van der Waals surface area contributed by atoms with Crippen LogP contribution in [-0.4, -0.2) is 11.0 Å². The number of nitrogens with one attached hydrogen (secondary N) is 1. The number of carbonyl (C=O) groups excluding carboxylic acids is 1.